The van der Waals surface area contributed by atoms with Crippen molar-refractivity contribution in [3.8, 4) is 0 Å². The third-order valence-electron chi connectivity index (χ3n) is 2.69. The van der Waals surface area contributed by atoms with Crippen molar-refractivity contribution in [2.75, 3.05) is 11.6 Å². The summed E-state index contributed by atoms with van der Waals surface area (Å²) >= 11 is 1.39. The molecule has 1 unspecified atom stereocenters. The number of benzene rings is 1. The second-order valence-electron chi connectivity index (χ2n) is 4.24. The second-order valence-corrected chi connectivity index (χ2v) is 5.12. The molecule has 9 heteroatoms. The van der Waals surface area contributed by atoms with Gasteiger partial charge in [-0.15, -0.1) is 11.8 Å². The van der Waals surface area contributed by atoms with Crippen molar-refractivity contribution < 1.29 is 27.9 Å². The van der Waals surface area contributed by atoms with E-state index in [4.69, 9.17) is 5.11 Å². The molecule has 0 saturated heterocycles. The first-order valence-corrected chi connectivity index (χ1v) is 6.86. The van der Waals surface area contributed by atoms with Crippen LogP contribution in [0.2, 0.25) is 0 Å². The Morgan fingerprint density at radius 2 is 1.90 bits per heavy atom. The monoisotopic (exact) mass is 322 g/mol. The van der Waals surface area contributed by atoms with Crippen LogP contribution >= 0.6 is 11.8 Å². The molecule has 1 aromatic carbocycles. The van der Waals surface area contributed by atoms with Crippen molar-refractivity contribution in [2.45, 2.75) is 23.5 Å². The van der Waals surface area contributed by atoms with Gasteiger partial charge in [-0.25, -0.2) is 9.59 Å². The van der Waals surface area contributed by atoms with Gasteiger partial charge in [0.15, 0.2) is 0 Å². The molecule has 2 amide bonds. The van der Waals surface area contributed by atoms with Crippen LogP contribution in [0.5, 0.6) is 0 Å². The number of thioether (sulfide) groups is 1. The SMILES string of the molecule is CSc1cccc(NC(=O)NC(C)(C(=O)O)C(F)(F)F)c1. The van der Waals surface area contributed by atoms with Crippen molar-refractivity contribution in [2.24, 2.45) is 0 Å². The third kappa shape index (κ3) is 4.03. The van der Waals surface area contributed by atoms with Crippen molar-refractivity contribution >= 4 is 29.4 Å². The number of nitrogens with one attached hydrogen (secondary N) is 2. The summed E-state index contributed by atoms with van der Waals surface area (Å²) in [6.45, 7) is 0.382. The predicted octanol–water partition coefficient (Wildman–Crippen LogP) is 2.94. The van der Waals surface area contributed by atoms with Crippen molar-refractivity contribution in [1.82, 2.24) is 5.32 Å². The maximum Gasteiger partial charge on any atom is 0.422 e. The maximum absolute atomic E-state index is 12.7. The highest BCUT2D eigenvalue weighted by Gasteiger charge is 2.58. The molecular formula is C12H13F3N2O3S. The number of carbonyl (C=O) groups excluding carboxylic acids is 1. The van der Waals surface area contributed by atoms with Gasteiger partial charge < -0.3 is 15.7 Å². The molecular weight excluding hydrogens is 309 g/mol. The molecule has 0 aliphatic carbocycles. The largest absolute Gasteiger partial charge is 0.479 e. The van der Waals surface area contributed by atoms with Crippen LogP contribution < -0.4 is 10.6 Å². The molecule has 0 saturated carbocycles. The molecule has 21 heavy (non-hydrogen) atoms. The molecule has 0 spiro atoms. The Labute approximate surface area is 122 Å². The van der Waals surface area contributed by atoms with Crippen LogP contribution in [0.3, 0.4) is 0 Å². The molecule has 0 aromatic heterocycles. The van der Waals surface area contributed by atoms with Gasteiger partial charge in [-0.1, -0.05) is 6.07 Å². The number of rotatable bonds is 4. The molecule has 0 aliphatic rings. The molecule has 0 heterocycles. The Balaban J connectivity index is 2.87. The smallest absolute Gasteiger partial charge is 0.422 e. The van der Waals surface area contributed by atoms with E-state index in [0.717, 1.165) is 4.90 Å². The van der Waals surface area contributed by atoms with E-state index < -0.39 is 23.7 Å². The lowest BCUT2D eigenvalue weighted by Crippen LogP contribution is -2.62. The Kier molecular flexibility index (Phi) is 5.10. The van der Waals surface area contributed by atoms with E-state index in [1.165, 1.54) is 23.1 Å². The normalized spacial score (nSPS) is 14.1. The lowest BCUT2D eigenvalue weighted by molar-refractivity contribution is -0.203. The predicted molar refractivity (Wildman–Crippen MR) is 72.5 cm³/mol. The quantitative estimate of drug-likeness (QED) is 0.745. The number of anilines is 1. The number of alkyl halides is 3. The fraction of sp³-hybridized carbons (Fsp3) is 0.333. The van der Waals surface area contributed by atoms with Crippen LogP contribution in [0.1, 0.15) is 6.92 Å². The summed E-state index contributed by atoms with van der Waals surface area (Å²) < 4.78 is 38.2. The van der Waals surface area contributed by atoms with E-state index in [-0.39, 0.29) is 5.69 Å². The molecule has 3 N–H and O–H groups in total. The zero-order chi connectivity index (χ0) is 16.3. The highest BCUT2D eigenvalue weighted by atomic mass is 32.2. The lowest BCUT2D eigenvalue weighted by Gasteiger charge is -2.28. The van der Waals surface area contributed by atoms with Crippen LogP contribution in [0, 0.1) is 0 Å². The van der Waals surface area contributed by atoms with Gasteiger partial charge in [0.05, 0.1) is 0 Å². The van der Waals surface area contributed by atoms with Gasteiger partial charge in [-0.2, -0.15) is 13.2 Å². The molecule has 1 rings (SSSR count). The first-order chi connectivity index (χ1) is 9.60. The van der Waals surface area contributed by atoms with E-state index in [1.807, 2.05) is 0 Å². The van der Waals surface area contributed by atoms with Crippen molar-refractivity contribution in [3.05, 3.63) is 24.3 Å². The van der Waals surface area contributed by atoms with Gasteiger partial charge >= 0.3 is 18.2 Å². The fourth-order valence-corrected chi connectivity index (χ4v) is 1.80. The summed E-state index contributed by atoms with van der Waals surface area (Å²) in [6.07, 6.45) is -3.33. The Morgan fingerprint density at radius 1 is 1.29 bits per heavy atom. The average Bonchev–Trinajstić information content (AvgIpc) is 2.37. The van der Waals surface area contributed by atoms with Gasteiger partial charge in [0, 0.05) is 10.6 Å². The number of carboxylic acids is 1. The first kappa shape index (κ1) is 17.2. The summed E-state index contributed by atoms with van der Waals surface area (Å²) in [5, 5.41) is 12.3. The highest BCUT2D eigenvalue weighted by molar-refractivity contribution is 7.98. The molecule has 1 atom stereocenters. The molecule has 5 nitrogen and oxygen atoms in total. The topological polar surface area (TPSA) is 78.4 Å². The zero-order valence-electron chi connectivity index (χ0n) is 11.1. The van der Waals surface area contributed by atoms with Crippen LogP contribution in [0.15, 0.2) is 29.2 Å². The number of aliphatic carboxylic acids is 1. The molecule has 0 fully saturated rings. The summed E-state index contributed by atoms with van der Waals surface area (Å²) in [5.41, 5.74) is -3.11. The van der Waals surface area contributed by atoms with E-state index in [9.17, 15) is 22.8 Å². The first-order valence-electron chi connectivity index (χ1n) is 5.63. The van der Waals surface area contributed by atoms with Crippen LogP contribution in [-0.4, -0.2) is 35.1 Å². The van der Waals surface area contributed by atoms with Crippen molar-refractivity contribution in [1.29, 1.82) is 0 Å². The number of hydrogen-bond donors (Lipinski definition) is 3. The molecule has 0 bridgehead atoms. The Morgan fingerprint density at radius 3 is 2.38 bits per heavy atom. The van der Waals surface area contributed by atoms with Gasteiger partial charge in [-0.05, 0) is 31.4 Å². The Bertz CT molecular complexity index is 551. The van der Waals surface area contributed by atoms with Crippen LogP contribution in [-0.2, 0) is 4.79 Å². The van der Waals surface area contributed by atoms with E-state index in [2.05, 4.69) is 5.32 Å². The number of amides is 2. The zero-order valence-corrected chi connectivity index (χ0v) is 11.9. The van der Waals surface area contributed by atoms with Crippen molar-refractivity contribution in [3.63, 3.8) is 0 Å². The number of carbonyl (C=O) groups is 2. The summed E-state index contributed by atoms with van der Waals surface area (Å²) in [5.74, 6) is -2.19. The van der Waals surface area contributed by atoms with E-state index >= 15 is 0 Å². The fourth-order valence-electron chi connectivity index (χ4n) is 1.34. The van der Waals surface area contributed by atoms with Crippen LogP contribution in [0.4, 0.5) is 23.7 Å². The highest BCUT2D eigenvalue weighted by Crippen LogP contribution is 2.30. The number of urea groups is 1. The minimum absolute atomic E-state index is 0.259. The summed E-state index contributed by atoms with van der Waals surface area (Å²) in [6, 6.07) is 5.14. The van der Waals surface area contributed by atoms with E-state index in [1.54, 1.807) is 24.5 Å². The molecule has 116 valence electrons. The van der Waals surface area contributed by atoms with Gasteiger partial charge in [-0.3, -0.25) is 0 Å². The van der Waals surface area contributed by atoms with Gasteiger partial charge in [0.1, 0.15) is 0 Å². The van der Waals surface area contributed by atoms with Gasteiger partial charge in [0.2, 0.25) is 5.54 Å². The maximum atomic E-state index is 12.7. The summed E-state index contributed by atoms with van der Waals surface area (Å²) in [7, 11) is 0. The minimum Gasteiger partial charge on any atom is -0.479 e. The van der Waals surface area contributed by atoms with Gasteiger partial charge in [0.25, 0.3) is 0 Å². The standard InChI is InChI=1S/C12H13F3N2O3S/c1-11(9(18)19,12(13,14)15)17-10(20)16-7-4-3-5-8(6-7)21-2/h3-6H,1-2H3,(H,18,19)(H2,16,17,20). The van der Waals surface area contributed by atoms with Crippen LogP contribution in [0.25, 0.3) is 0 Å². The number of hydrogen-bond acceptors (Lipinski definition) is 3. The minimum atomic E-state index is -5.13. The number of halogens is 3. The third-order valence-corrected chi connectivity index (χ3v) is 3.41. The molecule has 1 aromatic rings. The van der Waals surface area contributed by atoms with E-state index in [0.29, 0.717) is 6.92 Å². The molecule has 0 radical (unpaired) electrons. The summed E-state index contributed by atoms with van der Waals surface area (Å²) in [4.78, 5) is 23.2. The second kappa shape index (κ2) is 6.25. The Hall–Kier alpha value is -1.90. The number of carboxylic acid groups (broad SMARTS) is 1. The molecule has 0 aliphatic heterocycles. The average molecular weight is 322 g/mol. The lowest BCUT2D eigenvalue weighted by atomic mass is 10.0.